The first kappa shape index (κ1) is 10.7. The number of hydrogen-bond donors (Lipinski definition) is 3. The van der Waals surface area contributed by atoms with E-state index in [1.807, 2.05) is 0 Å². The third kappa shape index (κ3) is 3.20. The SMILES string of the molecule is O=C(O)C(Cl)NNc1ccc(F)cc1. The van der Waals surface area contributed by atoms with Crippen LogP contribution in [-0.2, 0) is 4.79 Å². The van der Waals surface area contributed by atoms with Crippen molar-refractivity contribution in [1.82, 2.24) is 5.43 Å². The molecule has 1 atom stereocenters. The molecule has 76 valence electrons. The van der Waals surface area contributed by atoms with E-state index in [1.54, 1.807) is 0 Å². The second-order valence-electron chi connectivity index (χ2n) is 2.48. The third-order valence-corrected chi connectivity index (χ3v) is 1.70. The summed E-state index contributed by atoms with van der Waals surface area (Å²) in [5, 5.41) is 8.41. The highest BCUT2D eigenvalue weighted by Gasteiger charge is 2.11. The largest absolute Gasteiger partial charge is 0.479 e. The van der Waals surface area contributed by atoms with Gasteiger partial charge in [-0.3, -0.25) is 0 Å². The maximum Gasteiger partial charge on any atom is 0.337 e. The van der Waals surface area contributed by atoms with E-state index >= 15 is 0 Å². The van der Waals surface area contributed by atoms with Crippen LogP contribution in [0.15, 0.2) is 24.3 Å². The van der Waals surface area contributed by atoms with Crippen molar-refractivity contribution in [3.63, 3.8) is 0 Å². The van der Waals surface area contributed by atoms with Gasteiger partial charge in [0.05, 0.1) is 0 Å². The van der Waals surface area contributed by atoms with Crippen molar-refractivity contribution in [2.45, 2.75) is 5.50 Å². The minimum atomic E-state index is -1.24. The molecule has 0 bridgehead atoms. The van der Waals surface area contributed by atoms with Crippen LogP contribution in [0, 0.1) is 5.82 Å². The van der Waals surface area contributed by atoms with E-state index in [0.717, 1.165) is 0 Å². The first-order valence-corrected chi connectivity index (χ1v) is 4.17. The lowest BCUT2D eigenvalue weighted by Crippen LogP contribution is -2.35. The van der Waals surface area contributed by atoms with Gasteiger partial charge in [-0.15, -0.1) is 0 Å². The average molecular weight is 219 g/mol. The summed E-state index contributed by atoms with van der Waals surface area (Å²) in [5.41, 5.74) is 4.12. The Morgan fingerprint density at radius 3 is 2.50 bits per heavy atom. The van der Waals surface area contributed by atoms with E-state index in [1.165, 1.54) is 24.3 Å². The predicted octanol–water partition coefficient (Wildman–Crippen LogP) is 1.39. The highest BCUT2D eigenvalue weighted by molar-refractivity contribution is 6.29. The summed E-state index contributed by atoms with van der Waals surface area (Å²) < 4.78 is 12.4. The molecular formula is C8H8ClFN2O2. The smallest absolute Gasteiger partial charge is 0.337 e. The summed E-state index contributed by atoms with van der Waals surface area (Å²) in [6.07, 6.45) is 0. The number of nitrogens with one attached hydrogen (secondary N) is 2. The number of halogens is 2. The lowest BCUT2D eigenvalue weighted by molar-refractivity contribution is -0.137. The molecule has 0 saturated heterocycles. The van der Waals surface area contributed by atoms with Gasteiger partial charge in [-0.25, -0.2) is 14.6 Å². The molecule has 1 rings (SSSR count). The maximum absolute atomic E-state index is 12.4. The molecule has 1 unspecified atom stereocenters. The molecule has 0 fully saturated rings. The monoisotopic (exact) mass is 218 g/mol. The summed E-state index contributed by atoms with van der Waals surface area (Å²) in [6.45, 7) is 0. The fourth-order valence-corrected chi connectivity index (χ4v) is 0.796. The van der Waals surface area contributed by atoms with Crippen molar-refractivity contribution in [2.24, 2.45) is 0 Å². The van der Waals surface area contributed by atoms with Crippen LogP contribution < -0.4 is 10.9 Å². The quantitative estimate of drug-likeness (QED) is 0.406. The molecule has 0 radical (unpaired) electrons. The number of aliphatic carboxylic acids is 1. The number of benzene rings is 1. The number of carboxylic acids is 1. The number of alkyl halides is 1. The zero-order valence-electron chi connectivity index (χ0n) is 7.00. The second-order valence-corrected chi connectivity index (χ2v) is 2.91. The van der Waals surface area contributed by atoms with Gasteiger partial charge in [0.2, 0.25) is 0 Å². The number of hydrogen-bond acceptors (Lipinski definition) is 3. The van der Waals surface area contributed by atoms with E-state index in [9.17, 15) is 9.18 Å². The first-order valence-electron chi connectivity index (χ1n) is 3.73. The highest BCUT2D eigenvalue weighted by Crippen LogP contribution is 2.07. The topological polar surface area (TPSA) is 61.4 Å². The van der Waals surface area contributed by atoms with Gasteiger partial charge in [0.15, 0.2) is 5.50 Å². The van der Waals surface area contributed by atoms with Crippen molar-refractivity contribution in [3.8, 4) is 0 Å². The lowest BCUT2D eigenvalue weighted by Gasteiger charge is -2.09. The van der Waals surface area contributed by atoms with E-state index < -0.39 is 11.5 Å². The van der Waals surface area contributed by atoms with E-state index in [0.29, 0.717) is 5.69 Å². The fourth-order valence-electron chi connectivity index (χ4n) is 0.742. The summed E-state index contributed by atoms with van der Waals surface area (Å²) in [6, 6.07) is 5.39. The molecule has 4 nitrogen and oxygen atoms in total. The minimum absolute atomic E-state index is 0.365. The van der Waals surface area contributed by atoms with E-state index in [2.05, 4.69) is 10.9 Å². The van der Waals surface area contributed by atoms with Gasteiger partial charge in [-0.05, 0) is 24.3 Å². The lowest BCUT2D eigenvalue weighted by atomic mass is 10.3. The Morgan fingerprint density at radius 2 is 2.00 bits per heavy atom. The molecule has 0 amide bonds. The van der Waals surface area contributed by atoms with Crippen LogP contribution in [0.4, 0.5) is 10.1 Å². The first-order chi connectivity index (χ1) is 6.59. The van der Waals surface area contributed by atoms with Crippen molar-refractivity contribution >= 4 is 23.3 Å². The second kappa shape index (κ2) is 4.78. The summed E-state index contributed by atoms with van der Waals surface area (Å²) in [5.74, 6) is -1.56. The van der Waals surface area contributed by atoms with E-state index in [4.69, 9.17) is 16.7 Å². The van der Waals surface area contributed by atoms with Crippen LogP contribution in [0.5, 0.6) is 0 Å². The normalized spacial score (nSPS) is 12.1. The summed E-state index contributed by atoms with van der Waals surface area (Å²) in [4.78, 5) is 10.3. The zero-order chi connectivity index (χ0) is 10.6. The molecule has 3 N–H and O–H groups in total. The number of anilines is 1. The molecule has 0 aromatic heterocycles. The molecule has 1 aromatic carbocycles. The van der Waals surface area contributed by atoms with Crippen molar-refractivity contribution in [3.05, 3.63) is 30.1 Å². The standard InChI is InChI=1S/C8H8ClFN2O2/c9-7(8(13)14)12-11-6-3-1-5(10)2-4-6/h1-4,7,11-12H,(H,13,14). The van der Waals surface area contributed by atoms with Crippen molar-refractivity contribution in [1.29, 1.82) is 0 Å². The molecule has 0 saturated carbocycles. The number of carbonyl (C=O) groups is 1. The summed E-state index contributed by atoms with van der Waals surface area (Å²) in [7, 11) is 0. The molecule has 0 heterocycles. The Kier molecular flexibility index (Phi) is 3.67. The Morgan fingerprint density at radius 1 is 1.43 bits per heavy atom. The average Bonchev–Trinajstić information content (AvgIpc) is 2.16. The van der Waals surface area contributed by atoms with Crippen molar-refractivity contribution < 1.29 is 14.3 Å². The molecule has 0 aliphatic carbocycles. The number of rotatable bonds is 4. The van der Waals surface area contributed by atoms with Gasteiger partial charge in [0.1, 0.15) is 5.82 Å². The highest BCUT2D eigenvalue weighted by atomic mass is 35.5. The van der Waals surface area contributed by atoms with Gasteiger partial charge in [0, 0.05) is 5.69 Å². The third-order valence-electron chi connectivity index (χ3n) is 1.40. The zero-order valence-corrected chi connectivity index (χ0v) is 7.75. The van der Waals surface area contributed by atoms with Gasteiger partial charge >= 0.3 is 5.97 Å². The Labute approximate surface area is 84.7 Å². The van der Waals surface area contributed by atoms with Crippen LogP contribution in [-0.4, -0.2) is 16.6 Å². The molecule has 0 aliphatic rings. The molecule has 1 aromatic rings. The Balaban J connectivity index is 2.46. The summed E-state index contributed by atoms with van der Waals surface area (Å²) >= 11 is 5.35. The van der Waals surface area contributed by atoms with Crippen molar-refractivity contribution in [2.75, 3.05) is 5.43 Å². The van der Waals surface area contributed by atoms with Crippen LogP contribution in [0.3, 0.4) is 0 Å². The van der Waals surface area contributed by atoms with Gasteiger partial charge < -0.3 is 10.5 Å². The molecular weight excluding hydrogens is 211 g/mol. The molecule has 6 heteroatoms. The Hall–Kier alpha value is -1.33. The fraction of sp³-hybridized carbons (Fsp3) is 0.125. The Bertz CT molecular complexity index is 318. The van der Waals surface area contributed by atoms with Crippen LogP contribution in [0.2, 0.25) is 0 Å². The molecule has 14 heavy (non-hydrogen) atoms. The van der Waals surface area contributed by atoms with Gasteiger partial charge in [-0.2, -0.15) is 0 Å². The number of hydrazine groups is 1. The van der Waals surface area contributed by atoms with Gasteiger partial charge in [-0.1, -0.05) is 11.6 Å². The maximum atomic E-state index is 12.4. The minimum Gasteiger partial charge on any atom is -0.479 e. The van der Waals surface area contributed by atoms with Crippen LogP contribution >= 0.6 is 11.6 Å². The number of carboxylic acid groups (broad SMARTS) is 1. The molecule has 0 aliphatic heterocycles. The van der Waals surface area contributed by atoms with Gasteiger partial charge in [0.25, 0.3) is 0 Å². The molecule has 0 spiro atoms. The van der Waals surface area contributed by atoms with Crippen LogP contribution in [0.25, 0.3) is 0 Å². The van der Waals surface area contributed by atoms with Crippen LogP contribution in [0.1, 0.15) is 0 Å². The predicted molar refractivity (Wildman–Crippen MR) is 50.4 cm³/mol. The van der Waals surface area contributed by atoms with E-state index in [-0.39, 0.29) is 5.82 Å².